The molecule has 1 aromatic rings. The summed E-state index contributed by atoms with van der Waals surface area (Å²) in [5, 5.41) is 13.4. The lowest BCUT2D eigenvalue weighted by Crippen LogP contribution is -1.97. The summed E-state index contributed by atoms with van der Waals surface area (Å²) < 4.78 is 2.63. The topological polar surface area (TPSA) is 38.1 Å². The molecule has 0 spiro atoms. The second-order valence-electron chi connectivity index (χ2n) is 2.22. The van der Waals surface area contributed by atoms with Crippen LogP contribution in [0.15, 0.2) is 18.9 Å². The van der Waals surface area contributed by atoms with Crippen molar-refractivity contribution < 1.29 is 5.11 Å². The summed E-state index contributed by atoms with van der Waals surface area (Å²) in [5.74, 6) is 0. The Hall–Kier alpha value is -0.360. The van der Waals surface area contributed by atoms with Crippen LogP contribution in [-0.2, 0) is 7.05 Å². The van der Waals surface area contributed by atoms with Gasteiger partial charge in [-0.1, -0.05) is 6.08 Å². The summed E-state index contributed by atoms with van der Waals surface area (Å²) in [6, 6.07) is 0. The van der Waals surface area contributed by atoms with E-state index in [1.165, 1.54) is 6.08 Å². The van der Waals surface area contributed by atoms with Gasteiger partial charge in [-0.2, -0.15) is 5.10 Å². The highest BCUT2D eigenvalue weighted by molar-refractivity contribution is 14.1. The van der Waals surface area contributed by atoms with Crippen LogP contribution < -0.4 is 0 Å². The highest BCUT2D eigenvalue weighted by atomic mass is 127. The first-order valence-corrected chi connectivity index (χ1v) is 4.22. The monoisotopic (exact) mass is 264 g/mol. The molecule has 11 heavy (non-hydrogen) atoms. The van der Waals surface area contributed by atoms with Gasteiger partial charge in [-0.25, -0.2) is 0 Å². The van der Waals surface area contributed by atoms with Crippen molar-refractivity contribution >= 4 is 22.6 Å². The molecule has 0 amide bonds. The lowest BCUT2D eigenvalue weighted by molar-refractivity contribution is 0.222. The van der Waals surface area contributed by atoms with E-state index in [0.717, 1.165) is 3.57 Å². The molecule has 1 aromatic heterocycles. The molecule has 3 nitrogen and oxygen atoms in total. The van der Waals surface area contributed by atoms with Crippen molar-refractivity contribution in [2.75, 3.05) is 0 Å². The molecule has 1 rings (SSSR count). The van der Waals surface area contributed by atoms with Gasteiger partial charge >= 0.3 is 0 Å². The standard InChI is InChI=1S/C7H9IN2O/c1-3-6(11)7-5(8)4-10(2)9-7/h3-4,6,11H,1H2,2H3. The molecule has 0 radical (unpaired) electrons. The maximum atomic E-state index is 9.32. The molecule has 0 fully saturated rings. The first kappa shape index (κ1) is 8.73. The molecule has 0 aliphatic rings. The number of rotatable bonds is 2. The number of nitrogens with zero attached hydrogens (tertiary/aromatic N) is 2. The van der Waals surface area contributed by atoms with Crippen LogP contribution in [0, 0.1) is 3.57 Å². The van der Waals surface area contributed by atoms with E-state index in [1.807, 2.05) is 13.2 Å². The van der Waals surface area contributed by atoms with Gasteiger partial charge in [-0.05, 0) is 22.6 Å². The van der Waals surface area contributed by atoms with E-state index < -0.39 is 6.10 Å². The van der Waals surface area contributed by atoms with Gasteiger partial charge in [-0.3, -0.25) is 4.68 Å². The Kier molecular flexibility index (Phi) is 2.67. The van der Waals surface area contributed by atoms with E-state index in [9.17, 15) is 5.11 Å². The van der Waals surface area contributed by atoms with Crippen LogP contribution in [0.3, 0.4) is 0 Å². The molecular weight excluding hydrogens is 255 g/mol. The van der Waals surface area contributed by atoms with E-state index >= 15 is 0 Å². The molecule has 0 saturated heterocycles. The van der Waals surface area contributed by atoms with Crippen molar-refractivity contribution in [1.29, 1.82) is 0 Å². The molecule has 1 N–H and O–H groups in total. The predicted octanol–water partition coefficient (Wildman–Crippen LogP) is 1.24. The number of hydrogen-bond acceptors (Lipinski definition) is 2. The van der Waals surface area contributed by atoms with Gasteiger partial charge in [-0.15, -0.1) is 6.58 Å². The van der Waals surface area contributed by atoms with Gasteiger partial charge in [0.2, 0.25) is 0 Å². The molecule has 4 heteroatoms. The molecule has 0 aliphatic heterocycles. The van der Waals surface area contributed by atoms with Crippen LogP contribution >= 0.6 is 22.6 Å². The third-order valence-electron chi connectivity index (χ3n) is 1.31. The predicted molar refractivity (Wildman–Crippen MR) is 51.1 cm³/mol. The Morgan fingerprint density at radius 3 is 2.91 bits per heavy atom. The Labute approximate surface area is 78.9 Å². The minimum atomic E-state index is -0.650. The third kappa shape index (κ3) is 1.81. The van der Waals surface area contributed by atoms with Crippen LogP contribution in [0.2, 0.25) is 0 Å². The van der Waals surface area contributed by atoms with Crippen molar-refractivity contribution in [2.24, 2.45) is 7.05 Å². The highest BCUT2D eigenvalue weighted by Gasteiger charge is 2.10. The largest absolute Gasteiger partial charge is 0.383 e. The van der Waals surface area contributed by atoms with Crippen molar-refractivity contribution in [3.63, 3.8) is 0 Å². The fourth-order valence-corrected chi connectivity index (χ4v) is 1.62. The van der Waals surface area contributed by atoms with Crippen molar-refractivity contribution in [2.45, 2.75) is 6.10 Å². The number of halogens is 1. The summed E-state index contributed by atoms with van der Waals surface area (Å²) in [6.45, 7) is 3.48. The molecule has 1 unspecified atom stereocenters. The maximum Gasteiger partial charge on any atom is 0.117 e. The zero-order valence-electron chi connectivity index (χ0n) is 6.16. The van der Waals surface area contributed by atoms with Gasteiger partial charge < -0.3 is 5.11 Å². The van der Waals surface area contributed by atoms with Crippen molar-refractivity contribution in [1.82, 2.24) is 9.78 Å². The first-order valence-electron chi connectivity index (χ1n) is 3.15. The Bertz CT molecular complexity index is 269. The Morgan fingerprint density at radius 1 is 1.91 bits per heavy atom. The van der Waals surface area contributed by atoms with E-state index in [1.54, 1.807) is 4.68 Å². The van der Waals surface area contributed by atoms with E-state index in [2.05, 4.69) is 34.3 Å². The molecule has 0 aromatic carbocycles. The van der Waals surface area contributed by atoms with Gasteiger partial charge in [0.1, 0.15) is 11.8 Å². The third-order valence-corrected chi connectivity index (χ3v) is 2.14. The molecule has 0 saturated carbocycles. The zero-order chi connectivity index (χ0) is 8.43. The molecule has 0 aliphatic carbocycles. The smallest absolute Gasteiger partial charge is 0.117 e. The Morgan fingerprint density at radius 2 is 2.55 bits per heavy atom. The summed E-state index contributed by atoms with van der Waals surface area (Å²) in [5.41, 5.74) is 0.670. The van der Waals surface area contributed by atoms with Crippen LogP contribution in [0.4, 0.5) is 0 Å². The summed E-state index contributed by atoms with van der Waals surface area (Å²) in [4.78, 5) is 0. The zero-order valence-corrected chi connectivity index (χ0v) is 8.32. The van der Waals surface area contributed by atoms with Crippen LogP contribution in [-0.4, -0.2) is 14.9 Å². The quantitative estimate of drug-likeness (QED) is 0.644. The van der Waals surface area contributed by atoms with Gasteiger partial charge in [0.15, 0.2) is 0 Å². The lowest BCUT2D eigenvalue weighted by atomic mass is 10.3. The maximum absolute atomic E-state index is 9.32. The molecule has 1 heterocycles. The number of aliphatic hydroxyl groups is 1. The van der Waals surface area contributed by atoms with E-state index in [-0.39, 0.29) is 0 Å². The summed E-state index contributed by atoms with van der Waals surface area (Å²) >= 11 is 2.13. The normalized spacial score (nSPS) is 13.0. The van der Waals surface area contributed by atoms with Crippen LogP contribution in [0.5, 0.6) is 0 Å². The van der Waals surface area contributed by atoms with E-state index in [0.29, 0.717) is 5.69 Å². The highest BCUT2D eigenvalue weighted by Crippen LogP contribution is 2.17. The molecular formula is C7H9IN2O. The average Bonchev–Trinajstić information content (AvgIpc) is 2.28. The second-order valence-corrected chi connectivity index (χ2v) is 3.38. The SMILES string of the molecule is C=CC(O)c1nn(C)cc1I. The summed E-state index contributed by atoms with van der Waals surface area (Å²) in [7, 11) is 1.82. The van der Waals surface area contributed by atoms with Crippen LogP contribution in [0.25, 0.3) is 0 Å². The fourth-order valence-electron chi connectivity index (χ4n) is 0.789. The molecule has 60 valence electrons. The minimum Gasteiger partial charge on any atom is -0.383 e. The number of aliphatic hydroxyl groups excluding tert-OH is 1. The lowest BCUT2D eigenvalue weighted by Gasteiger charge is -1.99. The number of hydrogen-bond donors (Lipinski definition) is 1. The average molecular weight is 264 g/mol. The van der Waals surface area contributed by atoms with Crippen LogP contribution in [0.1, 0.15) is 11.8 Å². The van der Waals surface area contributed by atoms with Gasteiger partial charge in [0, 0.05) is 13.2 Å². The summed E-state index contributed by atoms with van der Waals surface area (Å²) in [6.07, 6.45) is 2.66. The van der Waals surface area contributed by atoms with Crippen molar-refractivity contribution in [3.8, 4) is 0 Å². The Balaban J connectivity index is 3.02. The van der Waals surface area contributed by atoms with Gasteiger partial charge in [0.05, 0.1) is 3.57 Å². The number of aryl methyl sites for hydroxylation is 1. The fraction of sp³-hybridized carbons (Fsp3) is 0.286. The van der Waals surface area contributed by atoms with E-state index in [4.69, 9.17) is 0 Å². The second kappa shape index (κ2) is 3.36. The molecule has 0 bridgehead atoms. The number of aromatic nitrogens is 2. The van der Waals surface area contributed by atoms with Gasteiger partial charge in [0.25, 0.3) is 0 Å². The molecule has 1 atom stereocenters. The van der Waals surface area contributed by atoms with Crippen molar-refractivity contribution in [3.05, 3.63) is 28.1 Å². The first-order chi connectivity index (χ1) is 5.15. The minimum absolute atomic E-state index is 0.650.